The summed E-state index contributed by atoms with van der Waals surface area (Å²) in [5.74, 6) is 0.0989. The van der Waals surface area contributed by atoms with E-state index in [0.717, 1.165) is 18.8 Å². The van der Waals surface area contributed by atoms with Crippen LogP contribution in [0, 0.1) is 5.92 Å². The number of aliphatic carboxylic acids is 1. The molecule has 0 radical (unpaired) electrons. The molecule has 20 heavy (non-hydrogen) atoms. The Morgan fingerprint density at radius 1 is 0.800 bits per heavy atom. The fourth-order valence-electron chi connectivity index (χ4n) is 2.84. The average molecular weight is 284 g/mol. The van der Waals surface area contributed by atoms with Crippen LogP contribution in [0.3, 0.4) is 0 Å². The number of carboxylic acid groups (broad SMARTS) is 1. The van der Waals surface area contributed by atoms with Crippen LogP contribution in [-0.4, -0.2) is 11.1 Å². The van der Waals surface area contributed by atoms with Gasteiger partial charge in [-0.25, -0.2) is 0 Å². The van der Waals surface area contributed by atoms with Gasteiger partial charge in [-0.15, -0.1) is 0 Å². The lowest BCUT2D eigenvalue weighted by Gasteiger charge is -2.13. The van der Waals surface area contributed by atoms with Gasteiger partial charge in [0, 0.05) is 6.42 Å². The number of carboxylic acids is 1. The highest BCUT2D eigenvalue weighted by molar-refractivity contribution is 5.66. The first-order valence-electron chi connectivity index (χ1n) is 8.92. The van der Waals surface area contributed by atoms with E-state index in [4.69, 9.17) is 5.11 Å². The normalized spacial score (nSPS) is 12.5. The molecule has 0 bridgehead atoms. The molecule has 0 aliphatic rings. The van der Waals surface area contributed by atoms with Crippen molar-refractivity contribution in [3.8, 4) is 0 Å². The third-order valence-electron chi connectivity index (χ3n) is 4.30. The van der Waals surface area contributed by atoms with Gasteiger partial charge in [-0.05, 0) is 18.8 Å². The lowest BCUT2D eigenvalue weighted by Crippen LogP contribution is -2.02. The Balaban J connectivity index is 3.31. The van der Waals surface area contributed by atoms with Gasteiger partial charge in [-0.1, -0.05) is 84.5 Å². The van der Waals surface area contributed by atoms with Crippen molar-refractivity contribution in [3.05, 3.63) is 0 Å². The maximum atomic E-state index is 10.5. The number of carbonyl (C=O) groups is 1. The second-order valence-electron chi connectivity index (χ2n) is 6.18. The van der Waals surface area contributed by atoms with Gasteiger partial charge < -0.3 is 5.11 Å². The van der Waals surface area contributed by atoms with Gasteiger partial charge >= 0.3 is 5.97 Å². The first-order chi connectivity index (χ1) is 9.70. The fourth-order valence-corrected chi connectivity index (χ4v) is 2.84. The van der Waals surface area contributed by atoms with Crippen molar-refractivity contribution in [3.63, 3.8) is 0 Å². The number of rotatable bonds is 15. The maximum Gasteiger partial charge on any atom is 0.303 e. The molecule has 0 aromatic carbocycles. The summed E-state index contributed by atoms with van der Waals surface area (Å²) in [6.45, 7) is 4.50. The van der Waals surface area contributed by atoms with E-state index in [9.17, 15) is 4.79 Å². The first-order valence-corrected chi connectivity index (χ1v) is 8.92. The van der Waals surface area contributed by atoms with Gasteiger partial charge in [0.05, 0.1) is 0 Å². The van der Waals surface area contributed by atoms with Crippen LogP contribution in [0.5, 0.6) is 0 Å². The van der Waals surface area contributed by atoms with E-state index in [1.54, 1.807) is 0 Å². The van der Waals surface area contributed by atoms with Gasteiger partial charge in [-0.3, -0.25) is 4.79 Å². The summed E-state index contributed by atoms with van der Waals surface area (Å²) >= 11 is 0. The van der Waals surface area contributed by atoms with Crippen molar-refractivity contribution in [2.75, 3.05) is 0 Å². The van der Waals surface area contributed by atoms with Crippen molar-refractivity contribution in [1.29, 1.82) is 0 Å². The zero-order valence-corrected chi connectivity index (χ0v) is 13.8. The van der Waals surface area contributed by atoms with Gasteiger partial charge in [0.25, 0.3) is 0 Å². The highest BCUT2D eigenvalue weighted by Gasteiger charge is 2.07. The first kappa shape index (κ1) is 19.5. The zero-order valence-electron chi connectivity index (χ0n) is 13.8. The van der Waals surface area contributed by atoms with Gasteiger partial charge in [0.15, 0.2) is 0 Å². The Hall–Kier alpha value is -0.530. The Bertz CT molecular complexity index is 213. The molecule has 0 aromatic rings. The number of hydrogen-bond acceptors (Lipinski definition) is 1. The number of hydrogen-bond donors (Lipinski definition) is 1. The molecule has 0 heterocycles. The standard InChI is InChI=1S/C18H36O2/c1-3-5-6-7-8-9-10-11-12-14-17(4-2)15-13-16-18(19)20/h17H,3-16H2,1-2H3,(H,19,20). The monoisotopic (exact) mass is 284 g/mol. The Morgan fingerprint density at radius 2 is 1.30 bits per heavy atom. The van der Waals surface area contributed by atoms with E-state index < -0.39 is 5.97 Å². The minimum atomic E-state index is -0.650. The molecule has 0 aliphatic heterocycles. The van der Waals surface area contributed by atoms with E-state index >= 15 is 0 Å². The molecule has 0 aliphatic carbocycles. The SMILES string of the molecule is CCCCCCCCCCCC(CC)CCCC(=O)O. The predicted octanol–water partition coefficient (Wildman–Crippen LogP) is 6.19. The minimum absolute atomic E-state index is 0.342. The van der Waals surface area contributed by atoms with E-state index in [1.807, 2.05) is 0 Å². The quantitative estimate of drug-likeness (QED) is 0.364. The second kappa shape index (κ2) is 14.9. The molecule has 0 spiro atoms. The summed E-state index contributed by atoms with van der Waals surface area (Å²) in [4.78, 5) is 10.5. The zero-order chi connectivity index (χ0) is 15.1. The van der Waals surface area contributed by atoms with E-state index in [-0.39, 0.29) is 0 Å². The largest absolute Gasteiger partial charge is 0.481 e. The second-order valence-corrected chi connectivity index (χ2v) is 6.18. The molecule has 1 N–H and O–H groups in total. The van der Waals surface area contributed by atoms with E-state index in [2.05, 4.69) is 13.8 Å². The lowest BCUT2D eigenvalue weighted by molar-refractivity contribution is -0.137. The van der Waals surface area contributed by atoms with Gasteiger partial charge in [-0.2, -0.15) is 0 Å². The van der Waals surface area contributed by atoms with Crippen LogP contribution < -0.4 is 0 Å². The van der Waals surface area contributed by atoms with Crippen LogP contribution >= 0.6 is 0 Å². The molecule has 0 amide bonds. The molecule has 0 fully saturated rings. The van der Waals surface area contributed by atoms with Crippen molar-refractivity contribution in [1.82, 2.24) is 0 Å². The molecule has 120 valence electrons. The van der Waals surface area contributed by atoms with Gasteiger partial charge in [0.2, 0.25) is 0 Å². The van der Waals surface area contributed by atoms with Crippen molar-refractivity contribution in [2.24, 2.45) is 5.92 Å². The molecule has 2 nitrogen and oxygen atoms in total. The predicted molar refractivity (Wildman–Crippen MR) is 87.1 cm³/mol. The molecule has 1 atom stereocenters. The van der Waals surface area contributed by atoms with Gasteiger partial charge in [0.1, 0.15) is 0 Å². The van der Waals surface area contributed by atoms with Crippen molar-refractivity contribution >= 4 is 5.97 Å². The van der Waals surface area contributed by atoms with E-state index in [1.165, 1.54) is 70.6 Å². The topological polar surface area (TPSA) is 37.3 Å². The molecule has 0 rings (SSSR count). The maximum absolute atomic E-state index is 10.5. The summed E-state index contributed by atoms with van der Waals surface area (Å²) in [7, 11) is 0. The molecule has 1 unspecified atom stereocenters. The van der Waals surface area contributed by atoms with Crippen LogP contribution in [0.2, 0.25) is 0 Å². The molecular weight excluding hydrogens is 248 g/mol. The molecule has 2 heteroatoms. The van der Waals surface area contributed by atoms with Crippen LogP contribution in [0.1, 0.15) is 104 Å². The minimum Gasteiger partial charge on any atom is -0.481 e. The summed E-state index contributed by atoms with van der Waals surface area (Å²) < 4.78 is 0. The lowest BCUT2D eigenvalue weighted by atomic mass is 9.93. The van der Waals surface area contributed by atoms with Crippen LogP contribution in [0.15, 0.2) is 0 Å². The summed E-state index contributed by atoms with van der Waals surface area (Å²) in [6, 6.07) is 0. The van der Waals surface area contributed by atoms with E-state index in [0.29, 0.717) is 6.42 Å². The highest BCUT2D eigenvalue weighted by atomic mass is 16.4. The Labute approximate surface area is 126 Å². The summed E-state index contributed by atoms with van der Waals surface area (Å²) in [6.07, 6.45) is 17.3. The van der Waals surface area contributed by atoms with Crippen LogP contribution in [-0.2, 0) is 4.79 Å². The smallest absolute Gasteiger partial charge is 0.303 e. The summed E-state index contributed by atoms with van der Waals surface area (Å²) in [5.41, 5.74) is 0. The summed E-state index contributed by atoms with van der Waals surface area (Å²) in [5, 5.41) is 8.65. The third-order valence-corrected chi connectivity index (χ3v) is 4.30. The van der Waals surface area contributed by atoms with Crippen LogP contribution in [0.4, 0.5) is 0 Å². The third kappa shape index (κ3) is 13.9. The fraction of sp³-hybridized carbons (Fsp3) is 0.944. The highest BCUT2D eigenvalue weighted by Crippen LogP contribution is 2.20. The molecule has 0 saturated carbocycles. The Kier molecular flexibility index (Phi) is 14.5. The van der Waals surface area contributed by atoms with Crippen LogP contribution in [0.25, 0.3) is 0 Å². The van der Waals surface area contributed by atoms with Crippen molar-refractivity contribution < 1.29 is 9.90 Å². The Morgan fingerprint density at radius 3 is 1.80 bits per heavy atom. The molecule has 0 saturated heterocycles. The molecule has 0 aromatic heterocycles. The number of unbranched alkanes of at least 4 members (excludes halogenated alkanes) is 8. The average Bonchev–Trinajstić information content (AvgIpc) is 2.43. The van der Waals surface area contributed by atoms with Crippen molar-refractivity contribution in [2.45, 2.75) is 104 Å². The molecular formula is C18H36O2.